The predicted octanol–water partition coefficient (Wildman–Crippen LogP) is 2.57. The third kappa shape index (κ3) is 5.58. The van der Waals surface area contributed by atoms with Crippen molar-refractivity contribution in [3.05, 3.63) is 28.8 Å². The lowest BCUT2D eigenvalue weighted by Crippen LogP contribution is -2.48. The summed E-state index contributed by atoms with van der Waals surface area (Å²) in [5.74, 6) is 1.56. The molecule has 3 rings (SSSR count). The van der Waals surface area contributed by atoms with E-state index in [0.717, 1.165) is 56.6 Å². The fourth-order valence-electron chi connectivity index (χ4n) is 4.21. The van der Waals surface area contributed by atoms with Gasteiger partial charge in [-0.05, 0) is 50.8 Å². The monoisotopic (exact) mass is 436 g/mol. The number of nitrogens with zero attached hydrogens (tertiary/aromatic N) is 2. The molecule has 2 heterocycles. The maximum atomic E-state index is 12.4. The Morgan fingerprint density at radius 2 is 2.00 bits per heavy atom. The summed E-state index contributed by atoms with van der Waals surface area (Å²) in [5, 5.41) is 7.41. The zero-order chi connectivity index (χ0) is 21.4. The third-order valence-corrected chi connectivity index (χ3v) is 6.19. The van der Waals surface area contributed by atoms with E-state index in [1.54, 1.807) is 7.11 Å². The number of methoxy groups -OCH3 is 1. The van der Waals surface area contributed by atoms with Crippen molar-refractivity contribution < 1.29 is 14.3 Å². The molecule has 0 saturated carbocycles. The molecule has 1 aromatic carbocycles. The standard InChI is InChI=1S/C22H33ClN4O3/c1-3-24-21(25-15-20(28)27-10-4-5-11-27)26-16-22(8-12-30-13-9-22)18-14-17(23)6-7-19(18)29-2/h6-7,14H,3-5,8-13,15-16H2,1-2H3,(H2,24,25,26). The molecule has 0 spiro atoms. The van der Waals surface area contributed by atoms with E-state index in [1.165, 1.54) is 0 Å². The van der Waals surface area contributed by atoms with Gasteiger partial charge in [0, 0.05) is 55.4 Å². The molecular weight excluding hydrogens is 404 g/mol. The SMILES string of the molecule is CCNC(=NCC(=O)N1CCCC1)NCC1(c2cc(Cl)ccc2OC)CCOCC1. The minimum Gasteiger partial charge on any atom is -0.496 e. The van der Waals surface area contributed by atoms with Gasteiger partial charge in [-0.2, -0.15) is 0 Å². The first-order valence-corrected chi connectivity index (χ1v) is 11.2. The molecule has 30 heavy (non-hydrogen) atoms. The summed E-state index contributed by atoms with van der Waals surface area (Å²) in [4.78, 5) is 18.8. The van der Waals surface area contributed by atoms with Gasteiger partial charge in [0.15, 0.2) is 5.96 Å². The zero-order valence-electron chi connectivity index (χ0n) is 18.0. The van der Waals surface area contributed by atoms with E-state index in [4.69, 9.17) is 21.1 Å². The number of benzene rings is 1. The summed E-state index contributed by atoms with van der Waals surface area (Å²) in [5.41, 5.74) is 0.890. The quantitative estimate of drug-likeness (QED) is 0.507. The molecule has 0 aliphatic carbocycles. The van der Waals surface area contributed by atoms with E-state index in [0.29, 0.717) is 30.7 Å². The van der Waals surface area contributed by atoms with Gasteiger partial charge < -0.3 is 25.0 Å². The molecular formula is C22H33ClN4O3. The summed E-state index contributed by atoms with van der Waals surface area (Å²) >= 11 is 6.33. The maximum absolute atomic E-state index is 12.4. The van der Waals surface area contributed by atoms with Crippen molar-refractivity contribution in [2.75, 3.05) is 53.0 Å². The highest BCUT2D eigenvalue weighted by atomic mass is 35.5. The predicted molar refractivity (Wildman–Crippen MR) is 120 cm³/mol. The first-order valence-electron chi connectivity index (χ1n) is 10.8. The van der Waals surface area contributed by atoms with Crippen LogP contribution >= 0.6 is 11.6 Å². The number of carbonyl (C=O) groups excluding carboxylic acids is 1. The summed E-state index contributed by atoms with van der Waals surface area (Å²) in [7, 11) is 1.68. The van der Waals surface area contributed by atoms with Crippen molar-refractivity contribution >= 4 is 23.5 Å². The number of guanidine groups is 1. The molecule has 2 aliphatic rings. The highest BCUT2D eigenvalue weighted by molar-refractivity contribution is 6.30. The maximum Gasteiger partial charge on any atom is 0.244 e. The fraction of sp³-hybridized carbons (Fsp3) is 0.636. The van der Waals surface area contributed by atoms with Gasteiger partial charge in [-0.3, -0.25) is 4.79 Å². The summed E-state index contributed by atoms with van der Waals surface area (Å²) in [6, 6.07) is 5.76. The summed E-state index contributed by atoms with van der Waals surface area (Å²) < 4.78 is 11.3. The van der Waals surface area contributed by atoms with Gasteiger partial charge in [0.2, 0.25) is 5.91 Å². The number of aliphatic imine (C=N–C) groups is 1. The number of hydrogen-bond acceptors (Lipinski definition) is 4. The van der Waals surface area contributed by atoms with Gasteiger partial charge >= 0.3 is 0 Å². The van der Waals surface area contributed by atoms with Gasteiger partial charge in [-0.1, -0.05) is 11.6 Å². The van der Waals surface area contributed by atoms with E-state index in [-0.39, 0.29) is 17.9 Å². The first-order chi connectivity index (χ1) is 14.6. The van der Waals surface area contributed by atoms with Crippen molar-refractivity contribution in [2.45, 2.75) is 38.0 Å². The number of hydrogen-bond donors (Lipinski definition) is 2. The lowest BCUT2D eigenvalue weighted by Gasteiger charge is -2.39. The van der Waals surface area contributed by atoms with Crippen LogP contribution in [0.2, 0.25) is 5.02 Å². The van der Waals surface area contributed by atoms with Crippen LogP contribution in [0.3, 0.4) is 0 Å². The van der Waals surface area contributed by atoms with Gasteiger partial charge in [0.25, 0.3) is 0 Å². The Labute approximate surface area is 184 Å². The summed E-state index contributed by atoms with van der Waals surface area (Å²) in [6.45, 7) is 6.59. The summed E-state index contributed by atoms with van der Waals surface area (Å²) in [6.07, 6.45) is 3.87. The van der Waals surface area contributed by atoms with Crippen LogP contribution in [0.4, 0.5) is 0 Å². The largest absolute Gasteiger partial charge is 0.496 e. The second-order valence-corrected chi connectivity index (χ2v) is 8.31. The van der Waals surface area contributed by atoms with E-state index in [9.17, 15) is 4.79 Å². The number of ether oxygens (including phenoxy) is 2. The molecule has 1 amide bonds. The van der Waals surface area contributed by atoms with Crippen LogP contribution in [0.5, 0.6) is 5.75 Å². The van der Waals surface area contributed by atoms with Gasteiger partial charge in [0.05, 0.1) is 7.11 Å². The van der Waals surface area contributed by atoms with Crippen molar-refractivity contribution in [1.29, 1.82) is 0 Å². The molecule has 0 atom stereocenters. The lowest BCUT2D eigenvalue weighted by atomic mass is 9.73. The third-order valence-electron chi connectivity index (χ3n) is 5.95. The van der Waals surface area contributed by atoms with Gasteiger partial charge in [-0.25, -0.2) is 4.99 Å². The van der Waals surface area contributed by atoms with Crippen molar-refractivity contribution in [3.8, 4) is 5.75 Å². The molecule has 0 aromatic heterocycles. The topological polar surface area (TPSA) is 75.2 Å². The Hall–Kier alpha value is -1.99. The zero-order valence-corrected chi connectivity index (χ0v) is 18.8. The van der Waals surface area contributed by atoms with Crippen LogP contribution in [0.1, 0.15) is 38.2 Å². The Morgan fingerprint density at radius 1 is 1.27 bits per heavy atom. The Bertz CT molecular complexity index is 744. The Kier molecular flexibility index (Phi) is 8.22. The highest BCUT2D eigenvalue weighted by Crippen LogP contribution is 2.40. The van der Waals surface area contributed by atoms with Crippen molar-refractivity contribution in [1.82, 2.24) is 15.5 Å². The van der Waals surface area contributed by atoms with Crippen LogP contribution in [0.25, 0.3) is 0 Å². The Balaban J connectivity index is 1.75. The molecule has 2 aliphatic heterocycles. The second-order valence-electron chi connectivity index (χ2n) is 7.87. The average molecular weight is 437 g/mol. The van der Waals surface area contributed by atoms with E-state index in [1.807, 2.05) is 30.0 Å². The molecule has 7 nitrogen and oxygen atoms in total. The molecule has 166 valence electrons. The second kappa shape index (κ2) is 10.9. The minimum absolute atomic E-state index is 0.0852. The van der Waals surface area contributed by atoms with Crippen molar-refractivity contribution in [3.63, 3.8) is 0 Å². The first kappa shape index (κ1) is 22.7. The Morgan fingerprint density at radius 3 is 2.67 bits per heavy atom. The van der Waals surface area contributed by atoms with Crippen LogP contribution in [-0.4, -0.2) is 69.8 Å². The smallest absolute Gasteiger partial charge is 0.244 e. The number of carbonyl (C=O) groups is 1. The lowest BCUT2D eigenvalue weighted by molar-refractivity contribution is -0.128. The molecule has 2 fully saturated rings. The molecule has 2 saturated heterocycles. The average Bonchev–Trinajstić information content (AvgIpc) is 3.31. The highest BCUT2D eigenvalue weighted by Gasteiger charge is 2.37. The molecule has 1 aromatic rings. The minimum atomic E-state index is -0.191. The molecule has 2 N–H and O–H groups in total. The molecule has 0 radical (unpaired) electrons. The fourth-order valence-corrected chi connectivity index (χ4v) is 4.38. The number of likely N-dealkylation sites (tertiary alicyclic amines) is 1. The van der Waals surface area contributed by atoms with Crippen LogP contribution in [-0.2, 0) is 14.9 Å². The van der Waals surface area contributed by atoms with Crippen LogP contribution < -0.4 is 15.4 Å². The molecule has 8 heteroatoms. The number of rotatable bonds is 7. The van der Waals surface area contributed by atoms with E-state index < -0.39 is 0 Å². The molecule has 0 unspecified atom stereocenters. The normalized spacial score (nSPS) is 18.9. The number of amides is 1. The van der Waals surface area contributed by atoms with Crippen LogP contribution in [0, 0.1) is 0 Å². The number of nitrogens with one attached hydrogen (secondary N) is 2. The van der Waals surface area contributed by atoms with E-state index >= 15 is 0 Å². The van der Waals surface area contributed by atoms with Gasteiger partial charge in [-0.15, -0.1) is 0 Å². The van der Waals surface area contributed by atoms with E-state index in [2.05, 4.69) is 15.6 Å². The number of halogens is 1. The van der Waals surface area contributed by atoms with Crippen molar-refractivity contribution in [2.24, 2.45) is 4.99 Å². The molecule has 0 bridgehead atoms. The van der Waals surface area contributed by atoms with Crippen LogP contribution in [0.15, 0.2) is 23.2 Å². The van der Waals surface area contributed by atoms with Gasteiger partial charge in [0.1, 0.15) is 12.3 Å².